The first-order chi connectivity index (χ1) is 8.18. The van der Waals surface area contributed by atoms with Crippen LogP contribution < -0.4 is 0 Å². The summed E-state index contributed by atoms with van der Waals surface area (Å²) in [6, 6.07) is 9.45. The van der Waals surface area contributed by atoms with Crippen molar-refractivity contribution in [3.8, 4) is 11.8 Å². The number of hydrogen-bond acceptors (Lipinski definition) is 3. The maximum Gasteiger partial charge on any atom is 0.695 e. The van der Waals surface area contributed by atoms with Gasteiger partial charge in [-0.3, -0.25) is 4.79 Å². The summed E-state index contributed by atoms with van der Waals surface area (Å²) < 4.78 is 14.5. The quantitative estimate of drug-likeness (QED) is 0.642. The standard InChI is InChI=1S/C12H11O4P/c13-12(10-16-17(14)15)9-5-4-8-11-6-2-1-3-7-11/h1-3,6-7H,5,9-10H2/p+1. The minimum absolute atomic E-state index is 0.225. The van der Waals surface area contributed by atoms with E-state index in [0.29, 0.717) is 6.42 Å². The molecule has 0 heterocycles. The molecule has 0 fully saturated rings. The number of Topliss-reactive ketones (excluding diaryl/α,β-unsaturated/α-hetero) is 1. The smallest absolute Gasteiger partial charge is 0.297 e. The average Bonchev–Trinajstić information content (AvgIpc) is 2.33. The van der Waals surface area contributed by atoms with Crippen LogP contribution in [-0.4, -0.2) is 17.3 Å². The molecule has 1 aromatic carbocycles. The van der Waals surface area contributed by atoms with Crippen molar-refractivity contribution in [2.75, 3.05) is 6.61 Å². The summed E-state index contributed by atoms with van der Waals surface area (Å²) in [7, 11) is -2.69. The van der Waals surface area contributed by atoms with Crippen molar-refractivity contribution in [3.63, 3.8) is 0 Å². The van der Waals surface area contributed by atoms with E-state index in [4.69, 9.17) is 4.89 Å². The molecule has 1 N–H and O–H groups in total. The number of carbonyl (C=O) groups is 1. The molecule has 1 unspecified atom stereocenters. The first-order valence-corrected chi connectivity index (χ1v) is 6.16. The number of ketones is 1. The fourth-order valence-corrected chi connectivity index (χ4v) is 1.34. The van der Waals surface area contributed by atoms with Gasteiger partial charge in [0, 0.05) is 23.0 Å². The van der Waals surface area contributed by atoms with Crippen LogP contribution in [0.4, 0.5) is 0 Å². The van der Waals surface area contributed by atoms with Gasteiger partial charge in [-0.05, 0) is 12.1 Å². The molecule has 4 nitrogen and oxygen atoms in total. The summed E-state index contributed by atoms with van der Waals surface area (Å²) >= 11 is 0. The molecule has 1 aromatic rings. The number of rotatable bonds is 5. The van der Waals surface area contributed by atoms with E-state index >= 15 is 0 Å². The second-order valence-electron chi connectivity index (χ2n) is 3.22. The number of hydrogen-bond donors (Lipinski definition) is 1. The highest BCUT2D eigenvalue weighted by Gasteiger charge is 2.14. The molecule has 0 aliphatic rings. The Morgan fingerprint density at radius 2 is 2.06 bits per heavy atom. The molecule has 1 rings (SSSR count). The predicted molar refractivity (Wildman–Crippen MR) is 63.3 cm³/mol. The molecule has 88 valence electrons. The zero-order chi connectivity index (χ0) is 12.5. The van der Waals surface area contributed by atoms with Gasteiger partial charge in [0.1, 0.15) is 0 Å². The van der Waals surface area contributed by atoms with E-state index in [1.54, 1.807) is 0 Å². The predicted octanol–water partition coefficient (Wildman–Crippen LogP) is 2.05. The van der Waals surface area contributed by atoms with E-state index in [1.165, 1.54) is 0 Å². The molecule has 0 aliphatic carbocycles. The van der Waals surface area contributed by atoms with Crippen molar-refractivity contribution < 1.29 is 18.8 Å². The van der Waals surface area contributed by atoms with Gasteiger partial charge < -0.3 is 0 Å². The summed E-state index contributed by atoms with van der Waals surface area (Å²) in [6.07, 6.45) is 0.641. The Hall–Kier alpha value is -1.53. The van der Waals surface area contributed by atoms with Crippen molar-refractivity contribution in [2.24, 2.45) is 0 Å². The van der Waals surface area contributed by atoms with E-state index in [9.17, 15) is 9.36 Å². The van der Waals surface area contributed by atoms with Crippen LogP contribution in [0.5, 0.6) is 0 Å². The van der Waals surface area contributed by atoms with Crippen molar-refractivity contribution in [3.05, 3.63) is 35.9 Å². The van der Waals surface area contributed by atoms with Crippen molar-refractivity contribution in [1.29, 1.82) is 0 Å². The molecule has 0 aliphatic heterocycles. The van der Waals surface area contributed by atoms with E-state index < -0.39 is 8.25 Å². The minimum Gasteiger partial charge on any atom is -0.297 e. The second kappa shape index (κ2) is 7.70. The zero-order valence-corrected chi connectivity index (χ0v) is 10.0. The normalized spacial score (nSPS) is 10.3. The van der Waals surface area contributed by atoms with Crippen LogP contribution in [0.25, 0.3) is 0 Å². The third-order valence-electron chi connectivity index (χ3n) is 1.87. The molecule has 0 bridgehead atoms. The SMILES string of the molecule is O=C(CCC#Cc1ccccc1)CO[P+](=O)O. The third-order valence-corrected chi connectivity index (χ3v) is 2.22. The van der Waals surface area contributed by atoms with E-state index in [2.05, 4.69) is 16.4 Å². The van der Waals surface area contributed by atoms with E-state index in [1.807, 2.05) is 30.3 Å². The third kappa shape index (κ3) is 6.60. The van der Waals surface area contributed by atoms with Crippen LogP contribution in [0, 0.1) is 11.8 Å². The maximum atomic E-state index is 11.1. The summed E-state index contributed by atoms with van der Waals surface area (Å²) in [5.41, 5.74) is 0.898. The van der Waals surface area contributed by atoms with Crippen molar-refractivity contribution in [1.82, 2.24) is 0 Å². The molecule has 0 saturated heterocycles. The van der Waals surface area contributed by atoms with Crippen molar-refractivity contribution in [2.45, 2.75) is 12.8 Å². The zero-order valence-electron chi connectivity index (χ0n) is 9.13. The Labute approximate surface area is 101 Å². The maximum absolute atomic E-state index is 11.1. The lowest BCUT2D eigenvalue weighted by Crippen LogP contribution is -2.04. The van der Waals surface area contributed by atoms with Gasteiger partial charge in [0.15, 0.2) is 12.4 Å². The van der Waals surface area contributed by atoms with Crippen LogP contribution in [0.15, 0.2) is 30.3 Å². The number of benzene rings is 1. The Bertz CT molecular complexity index is 445. The lowest BCUT2D eigenvalue weighted by molar-refractivity contribution is -0.121. The monoisotopic (exact) mass is 251 g/mol. The fourth-order valence-electron chi connectivity index (χ4n) is 1.09. The van der Waals surface area contributed by atoms with Crippen molar-refractivity contribution >= 4 is 14.0 Å². The molecule has 5 heteroatoms. The Kier molecular flexibility index (Phi) is 6.13. The highest BCUT2D eigenvalue weighted by molar-refractivity contribution is 7.32. The molecule has 0 radical (unpaired) electrons. The number of carbonyl (C=O) groups excluding carboxylic acids is 1. The lowest BCUT2D eigenvalue weighted by atomic mass is 10.2. The van der Waals surface area contributed by atoms with Gasteiger partial charge in [-0.15, -0.1) is 9.42 Å². The summed E-state index contributed by atoms with van der Waals surface area (Å²) in [6.45, 7) is -0.335. The molecule has 0 amide bonds. The van der Waals surface area contributed by atoms with Gasteiger partial charge in [-0.1, -0.05) is 30.0 Å². The molecule has 1 atom stereocenters. The topological polar surface area (TPSA) is 63.6 Å². The molecule has 0 aromatic heterocycles. The van der Waals surface area contributed by atoms with Crippen LogP contribution in [0.1, 0.15) is 18.4 Å². The second-order valence-corrected chi connectivity index (χ2v) is 3.95. The molecular formula is C12H12O4P+. The minimum atomic E-state index is -2.69. The van der Waals surface area contributed by atoms with Crippen LogP contribution >= 0.6 is 8.25 Å². The largest absolute Gasteiger partial charge is 0.695 e. The summed E-state index contributed by atoms with van der Waals surface area (Å²) in [4.78, 5) is 19.5. The van der Waals surface area contributed by atoms with E-state index in [-0.39, 0.29) is 18.8 Å². The molecule has 0 saturated carbocycles. The first kappa shape index (κ1) is 13.5. The van der Waals surface area contributed by atoms with Crippen LogP contribution in [-0.2, 0) is 13.9 Å². The van der Waals surface area contributed by atoms with Gasteiger partial charge in [0.2, 0.25) is 0 Å². The lowest BCUT2D eigenvalue weighted by Gasteiger charge is -1.90. The Balaban J connectivity index is 2.26. The van der Waals surface area contributed by atoms with Gasteiger partial charge in [-0.25, -0.2) is 0 Å². The van der Waals surface area contributed by atoms with Gasteiger partial charge in [0.05, 0.1) is 0 Å². The van der Waals surface area contributed by atoms with Gasteiger partial charge >= 0.3 is 8.25 Å². The average molecular weight is 251 g/mol. The van der Waals surface area contributed by atoms with Gasteiger partial charge in [0.25, 0.3) is 0 Å². The fraction of sp³-hybridized carbons (Fsp3) is 0.250. The summed E-state index contributed by atoms with van der Waals surface area (Å²) in [5.74, 6) is 5.54. The highest BCUT2D eigenvalue weighted by atomic mass is 31.1. The van der Waals surface area contributed by atoms with E-state index in [0.717, 1.165) is 5.56 Å². The Morgan fingerprint density at radius 1 is 1.35 bits per heavy atom. The molecule has 0 spiro atoms. The summed E-state index contributed by atoms with van der Waals surface area (Å²) in [5, 5.41) is 0. The first-order valence-electron chi connectivity index (χ1n) is 5.03. The highest BCUT2D eigenvalue weighted by Crippen LogP contribution is 2.13. The Morgan fingerprint density at radius 3 is 2.71 bits per heavy atom. The molecular weight excluding hydrogens is 239 g/mol. The van der Waals surface area contributed by atoms with Crippen LogP contribution in [0.2, 0.25) is 0 Å². The molecule has 17 heavy (non-hydrogen) atoms. The van der Waals surface area contributed by atoms with Crippen LogP contribution in [0.3, 0.4) is 0 Å². The van der Waals surface area contributed by atoms with Gasteiger partial charge in [-0.2, -0.15) is 0 Å².